The van der Waals surface area contributed by atoms with Crippen LogP contribution in [0.25, 0.3) is 0 Å². The third kappa shape index (κ3) is 2.17. The van der Waals surface area contributed by atoms with Crippen molar-refractivity contribution in [1.82, 2.24) is 10.5 Å². The summed E-state index contributed by atoms with van der Waals surface area (Å²) in [7, 11) is 0.474. The van der Waals surface area contributed by atoms with Gasteiger partial charge in [0.1, 0.15) is 0 Å². The monoisotopic (exact) mass is 180 g/mol. The first kappa shape index (κ1) is 9.44. The minimum Gasteiger partial charge on any atom is -0.274 e. The number of hydrogen-bond acceptors (Lipinski definition) is 2. The van der Waals surface area contributed by atoms with E-state index in [2.05, 4.69) is 47.9 Å². The fourth-order valence-electron chi connectivity index (χ4n) is 1.24. The normalized spacial score (nSPS) is 11.6. The second-order valence-electron chi connectivity index (χ2n) is 3.37. The molecule has 0 radical (unpaired) electrons. The van der Waals surface area contributed by atoms with Gasteiger partial charge in [-0.25, -0.2) is 0 Å². The first-order chi connectivity index (χ1) is 5.67. The smallest absolute Gasteiger partial charge is 0.166 e. The molecule has 0 atom stereocenters. The Morgan fingerprint density at radius 2 is 1.67 bits per heavy atom. The number of nitrogens with one attached hydrogen (secondary N) is 2. The molecule has 0 fully saturated rings. The lowest BCUT2D eigenvalue weighted by molar-refractivity contribution is 0.774. The van der Waals surface area contributed by atoms with Crippen LogP contribution in [0.3, 0.4) is 0 Å². The topological polar surface area (TPSA) is 24.1 Å². The quantitative estimate of drug-likeness (QED) is 0.532. The van der Waals surface area contributed by atoms with Crippen molar-refractivity contribution < 1.29 is 0 Å². The molecule has 12 heavy (non-hydrogen) atoms. The Labute approximate surface area is 75.1 Å². The minimum absolute atomic E-state index is 1.42. The number of hydrogen-bond donors (Lipinski definition) is 2. The number of benzene rings is 1. The third-order valence-corrected chi connectivity index (χ3v) is 4.58. The third-order valence-electron chi connectivity index (χ3n) is 1.93. The van der Waals surface area contributed by atoms with Gasteiger partial charge in [0.25, 0.3) is 0 Å². The van der Waals surface area contributed by atoms with Crippen molar-refractivity contribution >= 4 is 13.4 Å². The lowest BCUT2D eigenvalue weighted by Crippen LogP contribution is -2.59. The van der Waals surface area contributed by atoms with Crippen molar-refractivity contribution in [2.75, 3.05) is 7.05 Å². The first-order valence-electron chi connectivity index (χ1n) is 4.16. The summed E-state index contributed by atoms with van der Waals surface area (Å²) in [5.74, 6) is 0. The van der Waals surface area contributed by atoms with Crippen LogP contribution in [-0.2, 0) is 0 Å². The van der Waals surface area contributed by atoms with E-state index in [1.807, 2.05) is 13.1 Å². The molecular weight excluding hydrogens is 164 g/mol. The summed E-state index contributed by atoms with van der Waals surface area (Å²) in [6.07, 6.45) is 0. The largest absolute Gasteiger partial charge is 0.274 e. The second-order valence-corrected chi connectivity index (χ2v) is 7.44. The molecule has 0 unspecified atom stereocenters. The van der Waals surface area contributed by atoms with Crippen LogP contribution in [-0.4, -0.2) is 15.3 Å². The summed E-state index contributed by atoms with van der Waals surface area (Å²) in [6.45, 7) is 4.55. The SMILES string of the molecule is CNN[Si](C)(C)c1ccccc1. The zero-order valence-corrected chi connectivity index (χ0v) is 8.89. The lowest BCUT2D eigenvalue weighted by Gasteiger charge is -2.23. The maximum Gasteiger partial charge on any atom is 0.166 e. The molecule has 0 saturated carbocycles. The van der Waals surface area contributed by atoms with Gasteiger partial charge in [0, 0.05) is 0 Å². The number of hydrazine groups is 1. The molecule has 0 saturated heterocycles. The van der Waals surface area contributed by atoms with E-state index < -0.39 is 8.24 Å². The molecule has 0 bridgehead atoms. The molecule has 66 valence electrons. The average molecular weight is 180 g/mol. The Bertz CT molecular complexity index is 234. The van der Waals surface area contributed by atoms with Gasteiger partial charge in [-0.1, -0.05) is 43.4 Å². The van der Waals surface area contributed by atoms with E-state index in [1.54, 1.807) is 0 Å². The Kier molecular flexibility index (Phi) is 3.03. The van der Waals surface area contributed by atoms with E-state index >= 15 is 0 Å². The molecule has 0 aliphatic rings. The summed E-state index contributed by atoms with van der Waals surface area (Å²) in [5, 5.41) is 4.74. The van der Waals surface area contributed by atoms with Gasteiger partial charge in [0.2, 0.25) is 0 Å². The van der Waals surface area contributed by atoms with Gasteiger partial charge in [-0.15, -0.1) is 0 Å². The van der Waals surface area contributed by atoms with Crippen LogP contribution in [0.15, 0.2) is 30.3 Å². The Morgan fingerprint density at radius 1 is 1.08 bits per heavy atom. The molecule has 3 heteroatoms. The summed E-state index contributed by atoms with van der Waals surface area (Å²) in [5.41, 5.74) is 3.02. The summed E-state index contributed by atoms with van der Waals surface area (Å²) in [4.78, 5) is 0. The molecule has 2 nitrogen and oxygen atoms in total. The van der Waals surface area contributed by atoms with Crippen LogP contribution < -0.4 is 15.7 Å². The van der Waals surface area contributed by atoms with Crippen molar-refractivity contribution in [1.29, 1.82) is 0 Å². The fourth-order valence-corrected chi connectivity index (χ4v) is 3.03. The van der Waals surface area contributed by atoms with Gasteiger partial charge >= 0.3 is 0 Å². The summed E-state index contributed by atoms with van der Waals surface area (Å²) in [6, 6.07) is 10.6. The van der Waals surface area contributed by atoms with Gasteiger partial charge in [0.15, 0.2) is 8.24 Å². The standard InChI is InChI=1S/C9H16N2Si/c1-10-11-12(2,3)9-7-5-4-6-8-9/h4-8,10-11H,1-3H3. The Hall–Kier alpha value is -0.643. The zero-order valence-electron chi connectivity index (χ0n) is 7.89. The number of rotatable bonds is 3. The molecule has 0 aliphatic carbocycles. The molecule has 0 amide bonds. The van der Waals surface area contributed by atoms with Crippen molar-refractivity contribution in [2.24, 2.45) is 0 Å². The van der Waals surface area contributed by atoms with E-state index in [1.165, 1.54) is 5.19 Å². The molecule has 1 aromatic rings. The molecule has 2 N–H and O–H groups in total. The Balaban J connectivity index is 2.82. The van der Waals surface area contributed by atoms with Crippen LogP contribution in [0.4, 0.5) is 0 Å². The van der Waals surface area contributed by atoms with Gasteiger partial charge in [-0.05, 0) is 12.2 Å². The van der Waals surface area contributed by atoms with E-state index in [9.17, 15) is 0 Å². The predicted octanol–water partition coefficient (Wildman–Crippen LogP) is 0.823. The lowest BCUT2D eigenvalue weighted by atomic mass is 10.4. The molecule has 0 spiro atoms. The van der Waals surface area contributed by atoms with Crippen LogP contribution in [0, 0.1) is 0 Å². The molecule has 1 aromatic carbocycles. The molecule has 0 aromatic heterocycles. The van der Waals surface area contributed by atoms with Gasteiger partial charge < -0.3 is 0 Å². The summed E-state index contributed by atoms with van der Waals surface area (Å²) >= 11 is 0. The highest BCUT2D eigenvalue weighted by atomic mass is 28.3. The van der Waals surface area contributed by atoms with Gasteiger partial charge in [0.05, 0.1) is 0 Å². The van der Waals surface area contributed by atoms with E-state index in [-0.39, 0.29) is 0 Å². The van der Waals surface area contributed by atoms with Crippen LogP contribution in [0.2, 0.25) is 13.1 Å². The summed E-state index contributed by atoms with van der Waals surface area (Å²) < 4.78 is 0. The van der Waals surface area contributed by atoms with Gasteiger partial charge in [-0.2, -0.15) is 0 Å². The highest BCUT2D eigenvalue weighted by Gasteiger charge is 2.21. The molecule has 0 heterocycles. The van der Waals surface area contributed by atoms with Crippen molar-refractivity contribution in [3.63, 3.8) is 0 Å². The highest BCUT2D eigenvalue weighted by molar-refractivity contribution is 6.87. The van der Waals surface area contributed by atoms with Crippen LogP contribution >= 0.6 is 0 Å². The molecular formula is C9H16N2Si. The van der Waals surface area contributed by atoms with Crippen molar-refractivity contribution in [3.05, 3.63) is 30.3 Å². The van der Waals surface area contributed by atoms with Crippen molar-refractivity contribution in [3.8, 4) is 0 Å². The zero-order chi connectivity index (χ0) is 9.03. The van der Waals surface area contributed by atoms with E-state index in [0.29, 0.717) is 0 Å². The molecule has 0 aliphatic heterocycles. The fraction of sp³-hybridized carbons (Fsp3) is 0.333. The van der Waals surface area contributed by atoms with E-state index in [4.69, 9.17) is 0 Å². The molecule has 1 rings (SSSR count). The second kappa shape index (κ2) is 3.84. The maximum atomic E-state index is 3.33. The van der Waals surface area contributed by atoms with E-state index in [0.717, 1.165) is 0 Å². The predicted molar refractivity (Wildman–Crippen MR) is 55.8 cm³/mol. The average Bonchev–Trinajstić information content (AvgIpc) is 2.06. The minimum atomic E-state index is -1.44. The first-order valence-corrected chi connectivity index (χ1v) is 7.16. The van der Waals surface area contributed by atoms with Crippen LogP contribution in [0.1, 0.15) is 0 Å². The van der Waals surface area contributed by atoms with Crippen LogP contribution in [0.5, 0.6) is 0 Å². The van der Waals surface area contributed by atoms with Gasteiger partial charge in [-0.3, -0.25) is 10.5 Å². The van der Waals surface area contributed by atoms with Crippen molar-refractivity contribution in [2.45, 2.75) is 13.1 Å². The maximum absolute atomic E-state index is 3.33. The highest BCUT2D eigenvalue weighted by Crippen LogP contribution is 1.96. The Morgan fingerprint density at radius 3 is 2.17 bits per heavy atom.